The zero-order chi connectivity index (χ0) is 20.3. The fourth-order valence-corrected chi connectivity index (χ4v) is 3.91. The normalized spacial score (nSPS) is 16.7. The van der Waals surface area contributed by atoms with E-state index >= 15 is 0 Å². The SMILES string of the molecule is O=C1/C(=C/c2cccnc2)Oc2c1ccc1c2CN(CCCc2ccccc2)CO1. The van der Waals surface area contributed by atoms with Crippen molar-refractivity contribution in [1.82, 2.24) is 9.88 Å². The molecule has 1 aromatic heterocycles. The molecule has 2 aromatic carbocycles. The van der Waals surface area contributed by atoms with Gasteiger partial charge >= 0.3 is 0 Å². The van der Waals surface area contributed by atoms with Crippen LogP contribution in [0.3, 0.4) is 0 Å². The van der Waals surface area contributed by atoms with Crippen molar-refractivity contribution in [2.75, 3.05) is 13.3 Å². The molecule has 0 amide bonds. The van der Waals surface area contributed by atoms with Crippen LogP contribution in [0.5, 0.6) is 11.5 Å². The standard InChI is InChI=1S/C25H22N2O3/c28-24-20-10-11-22-21(25(20)30-23(24)14-19-8-4-12-26-15-19)16-27(17-29-22)13-5-9-18-6-2-1-3-7-18/h1-4,6-8,10-12,14-15H,5,9,13,16-17H2/b23-14-. The molecule has 0 atom stereocenters. The molecule has 5 rings (SSSR count). The van der Waals surface area contributed by atoms with Crippen LogP contribution in [0.2, 0.25) is 0 Å². The summed E-state index contributed by atoms with van der Waals surface area (Å²) in [4.78, 5) is 19.2. The minimum atomic E-state index is -0.0992. The summed E-state index contributed by atoms with van der Waals surface area (Å²) in [6.07, 6.45) is 7.23. The van der Waals surface area contributed by atoms with Gasteiger partial charge in [-0.05, 0) is 48.2 Å². The van der Waals surface area contributed by atoms with E-state index < -0.39 is 0 Å². The molecule has 5 heteroatoms. The number of carbonyl (C=O) groups is 1. The molecule has 0 spiro atoms. The van der Waals surface area contributed by atoms with Crippen molar-refractivity contribution < 1.29 is 14.3 Å². The highest BCUT2D eigenvalue weighted by Gasteiger charge is 2.33. The smallest absolute Gasteiger partial charge is 0.231 e. The molecule has 0 unspecified atom stereocenters. The average Bonchev–Trinajstić information content (AvgIpc) is 3.11. The third-order valence-corrected chi connectivity index (χ3v) is 5.45. The lowest BCUT2D eigenvalue weighted by Crippen LogP contribution is -2.33. The zero-order valence-electron chi connectivity index (χ0n) is 16.6. The lowest BCUT2D eigenvalue weighted by molar-refractivity contribution is 0.0928. The molecule has 0 aliphatic carbocycles. The van der Waals surface area contributed by atoms with E-state index in [4.69, 9.17) is 9.47 Å². The van der Waals surface area contributed by atoms with Crippen LogP contribution in [0.25, 0.3) is 6.08 Å². The van der Waals surface area contributed by atoms with E-state index in [1.54, 1.807) is 24.5 Å². The molecular weight excluding hydrogens is 376 g/mol. The lowest BCUT2D eigenvalue weighted by Gasteiger charge is -2.29. The first kappa shape index (κ1) is 18.6. The summed E-state index contributed by atoms with van der Waals surface area (Å²) >= 11 is 0. The molecule has 0 N–H and O–H groups in total. The van der Waals surface area contributed by atoms with Crippen molar-refractivity contribution in [3.05, 3.63) is 95.0 Å². The van der Waals surface area contributed by atoms with E-state index in [-0.39, 0.29) is 5.78 Å². The molecule has 2 aliphatic heterocycles. The van der Waals surface area contributed by atoms with Crippen LogP contribution in [0.15, 0.2) is 72.8 Å². The first-order chi connectivity index (χ1) is 14.8. The number of benzene rings is 2. The molecule has 0 saturated heterocycles. The second kappa shape index (κ2) is 8.13. The highest BCUT2D eigenvalue weighted by Crippen LogP contribution is 2.42. The minimum Gasteiger partial charge on any atom is -0.478 e. The molecule has 0 radical (unpaired) electrons. The Kier molecular flexibility index (Phi) is 5.03. The van der Waals surface area contributed by atoms with Crippen molar-refractivity contribution in [2.24, 2.45) is 0 Å². The van der Waals surface area contributed by atoms with E-state index in [0.29, 0.717) is 30.3 Å². The van der Waals surface area contributed by atoms with Gasteiger partial charge in [0.15, 0.2) is 5.76 Å². The van der Waals surface area contributed by atoms with Crippen LogP contribution in [-0.2, 0) is 13.0 Å². The van der Waals surface area contributed by atoms with Gasteiger partial charge in [-0.15, -0.1) is 0 Å². The molecule has 0 fully saturated rings. The fraction of sp³-hybridized carbons (Fsp3) is 0.200. The van der Waals surface area contributed by atoms with Crippen LogP contribution < -0.4 is 9.47 Å². The summed E-state index contributed by atoms with van der Waals surface area (Å²) < 4.78 is 12.0. The monoisotopic (exact) mass is 398 g/mol. The van der Waals surface area contributed by atoms with Gasteiger partial charge in [0.05, 0.1) is 11.1 Å². The molecule has 5 nitrogen and oxygen atoms in total. The van der Waals surface area contributed by atoms with Crippen molar-refractivity contribution in [3.63, 3.8) is 0 Å². The van der Waals surface area contributed by atoms with Crippen LogP contribution in [0.1, 0.15) is 33.5 Å². The quantitative estimate of drug-likeness (QED) is 0.593. The number of ketones is 1. The van der Waals surface area contributed by atoms with Crippen LogP contribution in [0, 0.1) is 0 Å². The van der Waals surface area contributed by atoms with Gasteiger partial charge in [0.25, 0.3) is 0 Å². The number of rotatable bonds is 5. The highest BCUT2D eigenvalue weighted by molar-refractivity contribution is 6.15. The molecule has 30 heavy (non-hydrogen) atoms. The van der Waals surface area contributed by atoms with E-state index in [2.05, 4.69) is 34.1 Å². The highest BCUT2D eigenvalue weighted by atomic mass is 16.5. The van der Waals surface area contributed by atoms with Crippen LogP contribution in [0.4, 0.5) is 0 Å². The van der Waals surface area contributed by atoms with E-state index in [1.807, 2.05) is 24.3 Å². The number of carbonyl (C=O) groups excluding carboxylic acids is 1. The van der Waals surface area contributed by atoms with Crippen LogP contribution >= 0.6 is 0 Å². The summed E-state index contributed by atoms with van der Waals surface area (Å²) in [5.41, 5.74) is 3.72. The Balaban J connectivity index is 1.31. The Bertz CT molecular complexity index is 1090. The van der Waals surface area contributed by atoms with Crippen molar-refractivity contribution in [2.45, 2.75) is 19.4 Å². The number of aromatic nitrogens is 1. The molecule has 0 bridgehead atoms. The summed E-state index contributed by atoms with van der Waals surface area (Å²) in [7, 11) is 0. The number of hydrogen-bond acceptors (Lipinski definition) is 5. The maximum Gasteiger partial charge on any atom is 0.231 e. The number of Topliss-reactive ketones (excluding diaryl/α,β-unsaturated/α-hetero) is 1. The van der Waals surface area contributed by atoms with Gasteiger partial charge in [0.2, 0.25) is 5.78 Å². The Morgan fingerprint density at radius 1 is 1.07 bits per heavy atom. The maximum atomic E-state index is 12.8. The first-order valence-corrected chi connectivity index (χ1v) is 10.2. The van der Waals surface area contributed by atoms with Gasteiger partial charge in [-0.2, -0.15) is 0 Å². The van der Waals surface area contributed by atoms with Crippen LogP contribution in [-0.4, -0.2) is 28.9 Å². The molecule has 3 aromatic rings. The number of ether oxygens (including phenoxy) is 2. The van der Waals surface area contributed by atoms with Gasteiger partial charge in [-0.1, -0.05) is 36.4 Å². The fourth-order valence-electron chi connectivity index (χ4n) is 3.91. The minimum absolute atomic E-state index is 0.0992. The Morgan fingerprint density at radius 3 is 2.80 bits per heavy atom. The zero-order valence-corrected chi connectivity index (χ0v) is 16.6. The second-order valence-electron chi connectivity index (χ2n) is 7.56. The third-order valence-electron chi connectivity index (χ3n) is 5.45. The molecule has 2 aliphatic rings. The number of allylic oxidation sites excluding steroid dienone is 1. The number of fused-ring (bicyclic) bond motifs is 3. The molecule has 0 saturated carbocycles. The molecule has 3 heterocycles. The predicted molar refractivity (Wildman–Crippen MR) is 114 cm³/mol. The number of nitrogens with zero attached hydrogens (tertiary/aromatic N) is 2. The van der Waals surface area contributed by atoms with E-state index in [0.717, 1.165) is 36.3 Å². The summed E-state index contributed by atoms with van der Waals surface area (Å²) in [6.45, 7) is 2.18. The van der Waals surface area contributed by atoms with Gasteiger partial charge in [-0.3, -0.25) is 14.7 Å². The Labute approximate surface area is 175 Å². The molecular formula is C25H22N2O3. The summed E-state index contributed by atoms with van der Waals surface area (Å²) in [5.74, 6) is 1.65. The average molecular weight is 398 g/mol. The maximum absolute atomic E-state index is 12.8. The van der Waals surface area contributed by atoms with Gasteiger partial charge in [-0.25, -0.2) is 0 Å². The topological polar surface area (TPSA) is 51.7 Å². The predicted octanol–water partition coefficient (Wildman–Crippen LogP) is 4.48. The third kappa shape index (κ3) is 3.72. The Morgan fingerprint density at radius 2 is 1.97 bits per heavy atom. The number of pyridine rings is 1. The lowest BCUT2D eigenvalue weighted by atomic mass is 10.0. The number of hydrogen-bond donors (Lipinski definition) is 0. The van der Waals surface area contributed by atoms with E-state index in [1.165, 1.54) is 5.56 Å². The van der Waals surface area contributed by atoms with Crippen molar-refractivity contribution in [3.8, 4) is 11.5 Å². The number of aryl methyl sites for hydroxylation is 1. The van der Waals surface area contributed by atoms with Gasteiger partial charge in [0, 0.05) is 25.5 Å². The largest absolute Gasteiger partial charge is 0.478 e. The van der Waals surface area contributed by atoms with Gasteiger partial charge in [0.1, 0.15) is 18.2 Å². The van der Waals surface area contributed by atoms with E-state index in [9.17, 15) is 4.79 Å². The van der Waals surface area contributed by atoms with Crippen molar-refractivity contribution >= 4 is 11.9 Å². The summed E-state index contributed by atoms with van der Waals surface area (Å²) in [5, 5.41) is 0. The van der Waals surface area contributed by atoms with Crippen molar-refractivity contribution in [1.29, 1.82) is 0 Å². The first-order valence-electron chi connectivity index (χ1n) is 10.2. The summed E-state index contributed by atoms with van der Waals surface area (Å²) in [6, 6.07) is 17.9. The molecule has 150 valence electrons. The Hall–Kier alpha value is -3.44. The van der Waals surface area contributed by atoms with Gasteiger partial charge < -0.3 is 9.47 Å². The second-order valence-corrected chi connectivity index (χ2v) is 7.56.